The Morgan fingerprint density at radius 3 is 2.35 bits per heavy atom. The van der Waals surface area contributed by atoms with Crippen molar-refractivity contribution in [3.05, 3.63) is 70.5 Å². The van der Waals surface area contributed by atoms with Gasteiger partial charge in [-0.3, -0.25) is 9.59 Å². The number of nitrogens with zero attached hydrogens (tertiary/aromatic N) is 1. The van der Waals surface area contributed by atoms with Gasteiger partial charge in [0.2, 0.25) is 11.8 Å². The van der Waals surface area contributed by atoms with Crippen LogP contribution in [0, 0.1) is 5.82 Å². The van der Waals surface area contributed by atoms with Crippen LogP contribution in [0.15, 0.2) is 48.5 Å². The van der Waals surface area contributed by atoms with Crippen molar-refractivity contribution in [1.82, 2.24) is 10.2 Å². The van der Waals surface area contributed by atoms with Gasteiger partial charge in [-0.1, -0.05) is 48.7 Å². The Morgan fingerprint density at radius 1 is 1.10 bits per heavy atom. The molecule has 2 aromatic rings. The molecule has 31 heavy (non-hydrogen) atoms. The van der Waals surface area contributed by atoms with E-state index in [1.807, 2.05) is 12.1 Å². The average Bonchev–Trinajstić information content (AvgIpc) is 3.27. The molecular weight excluding hydrogens is 435 g/mol. The molecule has 0 aromatic heterocycles. The fraction of sp³-hybridized carbons (Fsp3) is 0.417. The monoisotopic (exact) mass is 462 g/mol. The minimum absolute atomic E-state index is 0.101. The van der Waals surface area contributed by atoms with Crippen LogP contribution in [0.2, 0.25) is 5.02 Å². The molecule has 166 valence electrons. The Kier molecular flexibility index (Phi) is 8.79. The van der Waals surface area contributed by atoms with Crippen LogP contribution in [-0.2, 0) is 21.9 Å². The molecule has 0 spiro atoms. The number of thioether (sulfide) groups is 1. The van der Waals surface area contributed by atoms with E-state index in [9.17, 15) is 14.0 Å². The summed E-state index contributed by atoms with van der Waals surface area (Å²) in [6.07, 6.45) is 4.26. The number of carbonyl (C=O) groups excluding carboxylic acids is 2. The molecule has 1 aliphatic carbocycles. The Labute approximate surface area is 192 Å². The summed E-state index contributed by atoms with van der Waals surface area (Å²) < 4.78 is 13.1. The Bertz CT molecular complexity index is 870. The van der Waals surface area contributed by atoms with Crippen molar-refractivity contribution in [3.63, 3.8) is 0 Å². The topological polar surface area (TPSA) is 49.4 Å². The van der Waals surface area contributed by atoms with Gasteiger partial charge in [0.15, 0.2) is 0 Å². The Hall–Kier alpha value is -2.05. The van der Waals surface area contributed by atoms with Gasteiger partial charge in [-0.05, 0) is 55.2 Å². The third-order valence-electron chi connectivity index (χ3n) is 5.54. The predicted octanol–water partition coefficient (Wildman–Crippen LogP) is 5.19. The number of benzene rings is 2. The van der Waals surface area contributed by atoms with Gasteiger partial charge in [-0.2, -0.15) is 0 Å². The summed E-state index contributed by atoms with van der Waals surface area (Å²) in [5.74, 6) is 0.352. The lowest BCUT2D eigenvalue weighted by molar-refractivity contribution is -0.138. The van der Waals surface area contributed by atoms with Crippen molar-refractivity contribution in [2.45, 2.75) is 57.0 Å². The van der Waals surface area contributed by atoms with Gasteiger partial charge in [0.1, 0.15) is 11.9 Å². The van der Waals surface area contributed by atoms with Gasteiger partial charge < -0.3 is 10.2 Å². The minimum Gasteiger partial charge on any atom is -0.352 e. The molecule has 0 bridgehead atoms. The van der Waals surface area contributed by atoms with E-state index in [0.29, 0.717) is 17.3 Å². The van der Waals surface area contributed by atoms with E-state index < -0.39 is 6.04 Å². The minimum atomic E-state index is -0.574. The van der Waals surface area contributed by atoms with E-state index in [1.165, 1.54) is 23.9 Å². The fourth-order valence-electron chi connectivity index (χ4n) is 3.68. The van der Waals surface area contributed by atoms with Gasteiger partial charge in [-0.25, -0.2) is 4.39 Å². The van der Waals surface area contributed by atoms with E-state index in [0.717, 1.165) is 36.8 Å². The summed E-state index contributed by atoms with van der Waals surface area (Å²) >= 11 is 7.44. The molecule has 1 N–H and O–H groups in total. The first-order valence-corrected chi connectivity index (χ1v) is 12.1. The van der Waals surface area contributed by atoms with Crippen molar-refractivity contribution in [3.8, 4) is 0 Å². The molecule has 7 heteroatoms. The second kappa shape index (κ2) is 11.5. The molecule has 0 heterocycles. The highest BCUT2D eigenvalue weighted by Crippen LogP contribution is 2.20. The van der Waals surface area contributed by atoms with Gasteiger partial charge >= 0.3 is 0 Å². The highest BCUT2D eigenvalue weighted by molar-refractivity contribution is 7.99. The van der Waals surface area contributed by atoms with Crippen LogP contribution >= 0.6 is 23.4 Å². The molecule has 1 unspecified atom stereocenters. The summed E-state index contributed by atoms with van der Waals surface area (Å²) in [4.78, 5) is 27.6. The number of halogens is 2. The first-order valence-electron chi connectivity index (χ1n) is 10.6. The first kappa shape index (κ1) is 23.6. The number of carbonyl (C=O) groups is 2. The van der Waals surface area contributed by atoms with Gasteiger partial charge in [0.25, 0.3) is 0 Å². The molecule has 0 radical (unpaired) electrons. The van der Waals surface area contributed by atoms with Crippen LogP contribution in [0.4, 0.5) is 4.39 Å². The largest absolute Gasteiger partial charge is 0.352 e. The second-order valence-corrected chi connectivity index (χ2v) is 9.36. The van der Waals surface area contributed by atoms with E-state index in [4.69, 9.17) is 11.6 Å². The first-order chi connectivity index (χ1) is 14.9. The highest BCUT2D eigenvalue weighted by Gasteiger charge is 2.28. The SMILES string of the molecule is CC(C(=O)NC1CCCC1)N(Cc1ccc(Cl)cc1)C(=O)CSCc1ccc(F)cc1. The van der Waals surface area contributed by atoms with Crippen LogP contribution in [0.3, 0.4) is 0 Å². The summed E-state index contributed by atoms with van der Waals surface area (Å²) in [5, 5.41) is 3.73. The molecule has 4 nitrogen and oxygen atoms in total. The van der Waals surface area contributed by atoms with Crippen LogP contribution in [0.1, 0.15) is 43.7 Å². The molecule has 2 amide bonds. The lowest BCUT2D eigenvalue weighted by Gasteiger charge is -2.29. The normalized spacial score (nSPS) is 14.9. The van der Waals surface area contributed by atoms with Gasteiger partial charge in [-0.15, -0.1) is 11.8 Å². The van der Waals surface area contributed by atoms with Crippen LogP contribution in [0.5, 0.6) is 0 Å². The quantitative estimate of drug-likeness (QED) is 0.558. The maximum Gasteiger partial charge on any atom is 0.242 e. The number of nitrogens with one attached hydrogen (secondary N) is 1. The molecule has 1 fully saturated rings. The van der Waals surface area contributed by atoms with Crippen molar-refractivity contribution in [2.24, 2.45) is 0 Å². The zero-order chi connectivity index (χ0) is 22.2. The van der Waals surface area contributed by atoms with E-state index in [-0.39, 0.29) is 29.4 Å². The fourth-order valence-corrected chi connectivity index (χ4v) is 4.68. The van der Waals surface area contributed by atoms with Crippen LogP contribution in [-0.4, -0.2) is 34.6 Å². The van der Waals surface area contributed by atoms with Gasteiger partial charge in [0, 0.05) is 23.4 Å². The van der Waals surface area contributed by atoms with Crippen molar-refractivity contribution in [1.29, 1.82) is 0 Å². The third-order valence-corrected chi connectivity index (χ3v) is 6.78. The molecule has 1 atom stereocenters. The van der Waals surface area contributed by atoms with E-state index >= 15 is 0 Å². The molecule has 1 saturated carbocycles. The maximum absolute atomic E-state index is 13.1. The molecular formula is C24H28ClFN2O2S. The lowest BCUT2D eigenvalue weighted by atomic mass is 10.1. The molecule has 0 aliphatic heterocycles. The van der Waals surface area contributed by atoms with Crippen LogP contribution in [0.25, 0.3) is 0 Å². The lowest BCUT2D eigenvalue weighted by Crippen LogP contribution is -2.50. The second-order valence-electron chi connectivity index (χ2n) is 7.93. The number of hydrogen-bond acceptors (Lipinski definition) is 3. The summed E-state index contributed by atoms with van der Waals surface area (Å²) in [6, 6.07) is 13.2. The van der Waals surface area contributed by atoms with E-state index in [1.54, 1.807) is 36.1 Å². The number of hydrogen-bond donors (Lipinski definition) is 1. The van der Waals surface area contributed by atoms with Crippen LogP contribution < -0.4 is 5.32 Å². The average molecular weight is 463 g/mol. The zero-order valence-electron chi connectivity index (χ0n) is 17.7. The number of rotatable bonds is 9. The molecule has 2 aromatic carbocycles. The molecule has 0 saturated heterocycles. The molecule has 1 aliphatic rings. The predicted molar refractivity (Wildman–Crippen MR) is 124 cm³/mol. The van der Waals surface area contributed by atoms with E-state index in [2.05, 4.69) is 5.32 Å². The number of amides is 2. The smallest absolute Gasteiger partial charge is 0.242 e. The van der Waals surface area contributed by atoms with Crippen molar-refractivity contribution < 1.29 is 14.0 Å². The third kappa shape index (κ3) is 7.25. The Morgan fingerprint density at radius 2 is 1.71 bits per heavy atom. The summed E-state index contributed by atoms with van der Waals surface area (Å²) in [5.41, 5.74) is 1.87. The maximum atomic E-state index is 13.1. The highest BCUT2D eigenvalue weighted by atomic mass is 35.5. The molecule has 3 rings (SSSR count). The van der Waals surface area contributed by atoms with Crippen molar-refractivity contribution >= 4 is 35.2 Å². The summed E-state index contributed by atoms with van der Waals surface area (Å²) in [7, 11) is 0. The van der Waals surface area contributed by atoms with Gasteiger partial charge in [0.05, 0.1) is 5.75 Å². The standard InChI is InChI=1S/C24H28ClFN2O2S/c1-17(24(30)27-22-4-2-3-5-22)28(14-18-6-10-20(25)11-7-18)23(29)16-31-15-19-8-12-21(26)13-9-19/h6-13,17,22H,2-5,14-16H2,1H3,(H,27,30). The van der Waals surface area contributed by atoms with Crippen molar-refractivity contribution in [2.75, 3.05) is 5.75 Å². The zero-order valence-corrected chi connectivity index (χ0v) is 19.2. The summed E-state index contributed by atoms with van der Waals surface area (Å²) in [6.45, 7) is 2.12. The Balaban J connectivity index is 1.64.